The van der Waals surface area contributed by atoms with Crippen LogP contribution in [-0.2, 0) is 4.79 Å². The standard InChI is InChI=1S/C26H23F3N4O5.CH2O2/c1-30-8-9-37-22-13-18-15(12-21(22)36-3)19(4-6-31-18)38-24-16(27)10-14(11-17(24)28)33-26(34)23-20(35-2)5-7-32-25(23)29;2-1-3/h4-7,10-13,30H,8-9H2,1-3H3,(H,33,34);1H,(H,2,3). The van der Waals surface area contributed by atoms with Gasteiger partial charge in [0.1, 0.15) is 23.7 Å². The van der Waals surface area contributed by atoms with Gasteiger partial charge in [-0.25, -0.2) is 13.8 Å². The van der Waals surface area contributed by atoms with Crippen molar-refractivity contribution in [3.8, 4) is 28.7 Å². The summed E-state index contributed by atoms with van der Waals surface area (Å²) in [5.74, 6) is -4.20. The van der Waals surface area contributed by atoms with Crippen LogP contribution in [0.25, 0.3) is 10.9 Å². The Hall–Kier alpha value is -5.11. The molecule has 41 heavy (non-hydrogen) atoms. The van der Waals surface area contributed by atoms with Gasteiger partial charge in [0.2, 0.25) is 5.95 Å². The molecular formula is C27H25F3N4O7. The number of pyridine rings is 2. The molecular weight excluding hydrogens is 549 g/mol. The SMILES string of the molecule is CNCCOc1cc2nccc(Oc3c(F)cc(NC(=O)c4c(OC)ccnc4F)cc3F)c2cc1OC.O=CO. The summed E-state index contributed by atoms with van der Waals surface area (Å²) in [6, 6.07) is 7.63. The molecule has 0 radical (unpaired) electrons. The number of methoxy groups -OCH3 is 2. The average molecular weight is 575 g/mol. The lowest BCUT2D eigenvalue weighted by Gasteiger charge is -2.15. The van der Waals surface area contributed by atoms with Gasteiger partial charge in [-0.3, -0.25) is 14.6 Å². The highest BCUT2D eigenvalue weighted by Crippen LogP contribution is 2.38. The number of rotatable bonds is 10. The molecule has 0 aliphatic heterocycles. The van der Waals surface area contributed by atoms with Crippen LogP contribution in [0.15, 0.2) is 48.8 Å². The van der Waals surface area contributed by atoms with Crippen molar-refractivity contribution < 1.29 is 46.8 Å². The highest BCUT2D eigenvalue weighted by molar-refractivity contribution is 6.06. The van der Waals surface area contributed by atoms with Crippen molar-refractivity contribution in [3.05, 3.63) is 71.9 Å². The Balaban J connectivity index is 0.00000147. The number of halogens is 3. The van der Waals surface area contributed by atoms with Crippen LogP contribution in [-0.4, -0.2) is 61.9 Å². The number of carboxylic acid groups (broad SMARTS) is 1. The maximum atomic E-state index is 15.0. The molecule has 4 aromatic rings. The fourth-order valence-electron chi connectivity index (χ4n) is 3.58. The van der Waals surface area contributed by atoms with Crippen molar-refractivity contribution in [2.45, 2.75) is 0 Å². The first kappa shape index (κ1) is 30.4. The van der Waals surface area contributed by atoms with Crippen molar-refractivity contribution in [2.24, 2.45) is 0 Å². The number of amides is 1. The first-order valence-electron chi connectivity index (χ1n) is 11.8. The monoisotopic (exact) mass is 574 g/mol. The number of carbonyl (C=O) groups is 2. The van der Waals surface area contributed by atoms with Crippen LogP contribution in [0.1, 0.15) is 10.4 Å². The zero-order valence-corrected chi connectivity index (χ0v) is 22.0. The Kier molecular flexibility index (Phi) is 10.6. The first-order valence-corrected chi connectivity index (χ1v) is 11.8. The lowest BCUT2D eigenvalue weighted by Crippen LogP contribution is -2.16. The van der Waals surface area contributed by atoms with Crippen LogP contribution in [0.3, 0.4) is 0 Å². The second kappa shape index (κ2) is 14.3. The zero-order chi connectivity index (χ0) is 29.9. The van der Waals surface area contributed by atoms with E-state index in [0.717, 1.165) is 18.3 Å². The number of likely N-dealkylation sites (N-methyl/N-ethyl adjacent to an activating group) is 1. The third-order valence-electron chi connectivity index (χ3n) is 5.38. The van der Waals surface area contributed by atoms with Crippen LogP contribution in [0.2, 0.25) is 0 Å². The Morgan fingerprint density at radius 1 is 0.951 bits per heavy atom. The molecule has 2 aromatic carbocycles. The van der Waals surface area contributed by atoms with E-state index >= 15 is 0 Å². The molecule has 14 heteroatoms. The molecule has 216 valence electrons. The van der Waals surface area contributed by atoms with E-state index in [0.29, 0.717) is 35.6 Å². The van der Waals surface area contributed by atoms with Crippen LogP contribution >= 0.6 is 0 Å². The van der Waals surface area contributed by atoms with Crippen molar-refractivity contribution >= 4 is 29.0 Å². The molecule has 1 amide bonds. The van der Waals surface area contributed by atoms with E-state index < -0.39 is 34.8 Å². The van der Waals surface area contributed by atoms with Crippen LogP contribution in [0, 0.1) is 17.6 Å². The summed E-state index contributed by atoms with van der Waals surface area (Å²) < 4.78 is 65.7. The first-order chi connectivity index (χ1) is 19.8. The molecule has 0 atom stereocenters. The lowest BCUT2D eigenvalue weighted by molar-refractivity contribution is -0.122. The molecule has 11 nitrogen and oxygen atoms in total. The smallest absolute Gasteiger partial charge is 0.290 e. The predicted molar refractivity (Wildman–Crippen MR) is 142 cm³/mol. The van der Waals surface area contributed by atoms with E-state index in [4.69, 9.17) is 28.8 Å². The normalized spacial score (nSPS) is 10.3. The molecule has 0 fully saturated rings. The van der Waals surface area contributed by atoms with Gasteiger partial charge in [-0.05, 0) is 25.2 Å². The van der Waals surface area contributed by atoms with Gasteiger partial charge in [0, 0.05) is 48.2 Å². The quantitative estimate of drug-likeness (QED) is 0.142. The number of nitrogens with one attached hydrogen (secondary N) is 2. The molecule has 0 aliphatic rings. The summed E-state index contributed by atoms with van der Waals surface area (Å²) in [6.07, 6.45) is 2.54. The maximum Gasteiger partial charge on any atom is 0.290 e. The Labute approximate surface area is 231 Å². The number of aromatic nitrogens is 2. The lowest BCUT2D eigenvalue weighted by atomic mass is 10.1. The van der Waals surface area contributed by atoms with E-state index in [1.165, 1.54) is 32.5 Å². The van der Waals surface area contributed by atoms with Crippen molar-refractivity contribution in [3.63, 3.8) is 0 Å². The second-order valence-electron chi connectivity index (χ2n) is 7.89. The Morgan fingerprint density at radius 2 is 1.59 bits per heavy atom. The molecule has 2 heterocycles. The summed E-state index contributed by atoms with van der Waals surface area (Å²) in [5, 5.41) is 12.5. The zero-order valence-electron chi connectivity index (χ0n) is 22.0. The van der Waals surface area contributed by atoms with Crippen molar-refractivity contribution in [1.82, 2.24) is 15.3 Å². The summed E-state index contributed by atoms with van der Waals surface area (Å²) in [6.45, 7) is 0.742. The van der Waals surface area contributed by atoms with Crippen molar-refractivity contribution in [2.75, 3.05) is 39.7 Å². The third-order valence-corrected chi connectivity index (χ3v) is 5.38. The maximum absolute atomic E-state index is 15.0. The molecule has 0 bridgehead atoms. The molecule has 0 saturated heterocycles. The number of carbonyl (C=O) groups excluding carboxylic acids is 1. The number of hydrogen-bond acceptors (Lipinski definition) is 9. The van der Waals surface area contributed by atoms with Crippen LogP contribution in [0.4, 0.5) is 18.9 Å². The number of hydrogen-bond donors (Lipinski definition) is 3. The summed E-state index contributed by atoms with van der Waals surface area (Å²) in [7, 11) is 4.50. The predicted octanol–water partition coefficient (Wildman–Crippen LogP) is 4.41. The van der Waals surface area contributed by atoms with Crippen LogP contribution < -0.4 is 29.6 Å². The molecule has 4 rings (SSSR count). The Morgan fingerprint density at radius 3 is 2.22 bits per heavy atom. The summed E-state index contributed by atoms with van der Waals surface area (Å²) >= 11 is 0. The molecule has 0 aliphatic carbocycles. The minimum Gasteiger partial charge on any atom is -0.496 e. The highest BCUT2D eigenvalue weighted by atomic mass is 19.1. The third kappa shape index (κ3) is 7.30. The van der Waals surface area contributed by atoms with E-state index in [1.807, 2.05) is 0 Å². The van der Waals surface area contributed by atoms with Gasteiger partial charge in [-0.1, -0.05) is 0 Å². The van der Waals surface area contributed by atoms with E-state index in [-0.39, 0.29) is 23.7 Å². The fraction of sp³-hybridized carbons (Fsp3) is 0.185. The Bertz CT molecular complexity index is 1520. The molecule has 0 unspecified atom stereocenters. The second-order valence-corrected chi connectivity index (χ2v) is 7.89. The van der Waals surface area contributed by atoms with Crippen LogP contribution in [0.5, 0.6) is 28.7 Å². The highest BCUT2D eigenvalue weighted by Gasteiger charge is 2.22. The summed E-state index contributed by atoms with van der Waals surface area (Å²) in [4.78, 5) is 28.6. The van der Waals surface area contributed by atoms with E-state index in [2.05, 4.69) is 20.6 Å². The minimum atomic E-state index is -1.11. The largest absolute Gasteiger partial charge is 0.496 e. The van der Waals surface area contributed by atoms with Gasteiger partial charge in [-0.2, -0.15) is 4.39 Å². The number of fused-ring (bicyclic) bond motifs is 1. The van der Waals surface area contributed by atoms with Gasteiger partial charge in [-0.15, -0.1) is 0 Å². The number of ether oxygens (including phenoxy) is 4. The van der Waals surface area contributed by atoms with E-state index in [9.17, 15) is 18.0 Å². The number of benzene rings is 2. The number of anilines is 1. The summed E-state index contributed by atoms with van der Waals surface area (Å²) in [5.41, 5.74) is -0.338. The van der Waals surface area contributed by atoms with E-state index in [1.54, 1.807) is 19.2 Å². The molecule has 2 aromatic heterocycles. The average Bonchev–Trinajstić information content (AvgIpc) is 2.95. The number of nitrogens with zero attached hydrogens (tertiary/aromatic N) is 2. The molecule has 3 N–H and O–H groups in total. The molecule has 0 saturated carbocycles. The van der Waals surface area contributed by atoms with Gasteiger partial charge in [0.05, 0.1) is 19.7 Å². The van der Waals surface area contributed by atoms with Gasteiger partial charge < -0.3 is 34.7 Å². The molecule has 0 spiro atoms. The topological polar surface area (TPSA) is 141 Å². The van der Waals surface area contributed by atoms with Crippen molar-refractivity contribution in [1.29, 1.82) is 0 Å². The minimum absolute atomic E-state index is 0.0912. The fourth-order valence-corrected chi connectivity index (χ4v) is 3.58. The van der Waals surface area contributed by atoms with Gasteiger partial charge in [0.15, 0.2) is 28.9 Å². The van der Waals surface area contributed by atoms with Gasteiger partial charge >= 0.3 is 0 Å². The van der Waals surface area contributed by atoms with Gasteiger partial charge in [0.25, 0.3) is 12.4 Å².